The Morgan fingerprint density at radius 3 is 2.32 bits per heavy atom. The predicted molar refractivity (Wildman–Crippen MR) is 68.2 cm³/mol. The molecule has 0 fully saturated rings. The largest absolute Gasteiger partial charge is 0.508 e. The fourth-order valence-corrected chi connectivity index (χ4v) is 1.68. The Morgan fingerprint density at radius 2 is 1.84 bits per heavy atom. The van der Waals surface area contributed by atoms with Crippen LogP contribution in [0.15, 0.2) is 0 Å². The molecule has 114 valence electrons. The van der Waals surface area contributed by atoms with Crippen molar-refractivity contribution in [1.29, 1.82) is 0 Å². The third kappa shape index (κ3) is 8.77. The summed E-state index contributed by atoms with van der Waals surface area (Å²) < 4.78 is 17.8. The lowest BCUT2D eigenvalue weighted by Crippen LogP contribution is -2.30. The molecule has 0 aromatic carbocycles. The summed E-state index contributed by atoms with van der Waals surface area (Å²) in [6.45, 7) is 5.76. The summed E-state index contributed by atoms with van der Waals surface area (Å²) in [4.78, 5) is 20.0. The highest BCUT2D eigenvalue weighted by molar-refractivity contribution is 5.56. The van der Waals surface area contributed by atoms with Gasteiger partial charge in [0.15, 0.2) is 0 Å². The quantitative estimate of drug-likeness (QED) is 0.265. The average Bonchev–Trinajstić information content (AvgIpc) is 2.36. The van der Waals surface area contributed by atoms with Crippen molar-refractivity contribution in [3.05, 3.63) is 0 Å². The van der Waals surface area contributed by atoms with Gasteiger partial charge in [0.2, 0.25) is 12.6 Å². The molecule has 0 heterocycles. The van der Waals surface area contributed by atoms with Gasteiger partial charge in [0.25, 0.3) is 0 Å². The lowest BCUT2D eigenvalue weighted by Gasteiger charge is -2.24. The standard InChI is InChI=1S/C13H25FO5/c1-4-7-9-10(6-3)12(17-13(15)16)19-18-11(14)8-5-2/h10-12H,4-9H2,1-3H3,(H,15,16). The van der Waals surface area contributed by atoms with Gasteiger partial charge in [0.05, 0.1) is 0 Å². The van der Waals surface area contributed by atoms with Crippen molar-refractivity contribution in [3.8, 4) is 0 Å². The maximum Gasteiger partial charge on any atom is 0.508 e. The van der Waals surface area contributed by atoms with E-state index in [1.54, 1.807) is 0 Å². The number of halogens is 1. The van der Waals surface area contributed by atoms with Crippen LogP contribution in [0.5, 0.6) is 0 Å². The van der Waals surface area contributed by atoms with Crippen LogP contribution >= 0.6 is 0 Å². The second kappa shape index (κ2) is 11.0. The van der Waals surface area contributed by atoms with Crippen LogP contribution in [0.1, 0.15) is 59.3 Å². The molecule has 1 N–H and O–H groups in total. The van der Waals surface area contributed by atoms with Crippen molar-refractivity contribution >= 4 is 6.16 Å². The zero-order chi connectivity index (χ0) is 14.7. The number of carboxylic acid groups (broad SMARTS) is 1. The van der Waals surface area contributed by atoms with Gasteiger partial charge in [-0.25, -0.2) is 9.18 Å². The van der Waals surface area contributed by atoms with E-state index in [0.717, 1.165) is 19.3 Å². The van der Waals surface area contributed by atoms with Gasteiger partial charge < -0.3 is 9.84 Å². The lowest BCUT2D eigenvalue weighted by molar-refractivity contribution is -0.419. The first-order chi connectivity index (χ1) is 9.04. The van der Waals surface area contributed by atoms with Gasteiger partial charge in [-0.1, -0.05) is 40.0 Å². The van der Waals surface area contributed by atoms with E-state index < -0.39 is 18.8 Å². The Labute approximate surface area is 114 Å². The number of alkyl halides is 1. The molecular formula is C13H25FO5. The van der Waals surface area contributed by atoms with Gasteiger partial charge in [0.1, 0.15) is 0 Å². The Balaban J connectivity index is 4.36. The lowest BCUT2D eigenvalue weighted by atomic mass is 9.99. The van der Waals surface area contributed by atoms with E-state index >= 15 is 0 Å². The Morgan fingerprint density at radius 1 is 1.16 bits per heavy atom. The van der Waals surface area contributed by atoms with Gasteiger partial charge in [0, 0.05) is 12.3 Å². The van der Waals surface area contributed by atoms with Crippen molar-refractivity contribution in [2.24, 2.45) is 5.92 Å². The van der Waals surface area contributed by atoms with Crippen LogP contribution in [0.3, 0.4) is 0 Å². The smallest absolute Gasteiger partial charge is 0.450 e. The van der Waals surface area contributed by atoms with Crippen molar-refractivity contribution in [2.45, 2.75) is 71.9 Å². The number of hydrogen-bond donors (Lipinski definition) is 1. The normalized spacial score (nSPS) is 15.8. The van der Waals surface area contributed by atoms with Crippen LogP contribution in [0.25, 0.3) is 0 Å². The van der Waals surface area contributed by atoms with Gasteiger partial charge in [-0.05, 0) is 12.8 Å². The monoisotopic (exact) mass is 280 g/mol. The highest BCUT2D eigenvalue weighted by atomic mass is 19.1. The van der Waals surface area contributed by atoms with E-state index in [1.165, 1.54) is 0 Å². The van der Waals surface area contributed by atoms with Crippen LogP contribution in [0.4, 0.5) is 9.18 Å². The van der Waals surface area contributed by atoms with Crippen LogP contribution in [-0.4, -0.2) is 23.9 Å². The molecule has 0 aliphatic carbocycles. The average molecular weight is 280 g/mol. The molecule has 19 heavy (non-hydrogen) atoms. The highest BCUT2D eigenvalue weighted by Crippen LogP contribution is 2.22. The van der Waals surface area contributed by atoms with Gasteiger partial charge in [-0.3, -0.25) is 0 Å². The highest BCUT2D eigenvalue weighted by Gasteiger charge is 2.26. The molecule has 0 spiro atoms. The number of carbonyl (C=O) groups is 1. The summed E-state index contributed by atoms with van der Waals surface area (Å²) in [7, 11) is 0. The molecule has 0 aromatic rings. The SMILES string of the molecule is CCCCC(CC)C(OOC(F)CCC)OC(=O)O. The van der Waals surface area contributed by atoms with Crippen molar-refractivity contribution < 1.29 is 28.8 Å². The molecule has 0 saturated carbocycles. The van der Waals surface area contributed by atoms with Gasteiger partial charge in [-0.15, -0.1) is 0 Å². The molecule has 0 aliphatic rings. The first-order valence-corrected chi connectivity index (χ1v) is 6.90. The van der Waals surface area contributed by atoms with Crippen molar-refractivity contribution in [3.63, 3.8) is 0 Å². The second-order valence-corrected chi connectivity index (χ2v) is 4.45. The summed E-state index contributed by atoms with van der Waals surface area (Å²) >= 11 is 0. The molecule has 6 heteroatoms. The fraction of sp³-hybridized carbons (Fsp3) is 0.923. The molecule has 3 atom stereocenters. The third-order valence-corrected chi connectivity index (χ3v) is 2.83. The molecule has 5 nitrogen and oxygen atoms in total. The molecular weight excluding hydrogens is 255 g/mol. The van der Waals surface area contributed by atoms with Crippen LogP contribution < -0.4 is 0 Å². The molecule has 0 rings (SSSR count). The van der Waals surface area contributed by atoms with E-state index in [0.29, 0.717) is 12.8 Å². The number of unbranched alkanes of at least 4 members (excludes halogenated alkanes) is 1. The topological polar surface area (TPSA) is 65.0 Å². The van der Waals surface area contributed by atoms with E-state index in [2.05, 4.69) is 9.62 Å². The summed E-state index contributed by atoms with van der Waals surface area (Å²) in [6, 6.07) is 0. The van der Waals surface area contributed by atoms with E-state index in [1.807, 2.05) is 20.8 Å². The molecule has 0 bridgehead atoms. The first kappa shape index (κ1) is 18.1. The first-order valence-electron chi connectivity index (χ1n) is 6.90. The van der Waals surface area contributed by atoms with Crippen LogP contribution in [0.2, 0.25) is 0 Å². The van der Waals surface area contributed by atoms with Crippen LogP contribution in [-0.2, 0) is 14.5 Å². The minimum atomic E-state index is -1.56. The summed E-state index contributed by atoms with van der Waals surface area (Å²) in [5.41, 5.74) is 0. The van der Waals surface area contributed by atoms with E-state index in [-0.39, 0.29) is 12.3 Å². The maximum absolute atomic E-state index is 13.2. The molecule has 0 radical (unpaired) electrons. The fourth-order valence-electron chi connectivity index (χ4n) is 1.68. The molecule has 0 aromatic heterocycles. The van der Waals surface area contributed by atoms with Gasteiger partial charge >= 0.3 is 6.16 Å². The second-order valence-electron chi connectivity index (χ2n) is 4.45. The molecule has 0 saturated heterocycles. The van der Waals surface area contributed by atoms with Crippen molar-refractivity contribution in [2.75, 3.05) is 0 Å². The van der Waals surface area contributed by atoms with E-state index in [4.69, 9.17) is 9.99 Å². The van der Waals surface area contributed by atoms with Gasteiger partial charge in [-0.2, -0.15) is 9.78 Å². The number of hydrogen-bond acceptors (Lipinski definition) is 4. The van der Waals surface area contributed by atoms with Crippen LogP contribution in [0, 0.1) is 5.92 Å². The zero-order valence-electron chi connectivity index (χ0n) is 11.9. The number of rotatable bonds is 11. The Bertz CT molecular complexity index is 237. The Hall–Kier alpha value is -0.880. The maximum atomic E-state index is 13.2. The summed E-state index contributed by atoms with van der Waals surface area (Å²) in [5.74, 6) is -0.134. The minimum Gasteiger partial charge on any atom is -0.450 e. The summed E-state index contributed by atoms with van der Waals surface area (Å²) in [5, 5.41) is 8.67. The molecule has 0 aliphatic heterocycles. The third-order valence-electron chi connectivity index (χ3n) is 2.83. The zero-order valence-corrected chi connectivity index (χ0v) is 11.9. The molecule has 0 amide bonds. The minimum absolute atomic E-state index is 0.134. The molecule has 3 unspecified atom stereocenters. The van der Waals surface area contributed by atoms with E-state index in [9.17, 15) is 9.18 Å². The predicted octanol–water partition coefficient (Wildman–Crippen LogP) is 4.27. The Kier molecular flexibility index (Phi) is 10.5. The summed E-state index contributed by atoms with van der Waals surface area (Å²) in [6.07, 6.45) is 0.0550. The van der Waals surface area contributed by atoms with Crippen molar-refractivity contribution in [1.82, 2.24) is 0 Å². The number of ether oxygens (including phenoxy) is 1.